The normalized spacial score (nSPS) is 21.1. The van der Waals surface area contributed by atoms with Gasteiger partial charge >= 0.3 is 0 Å². The average molecular weight is 446 g/mol. The second kappa shape index (κ2) is 12.0. The van der Waals surface area contributed by atoms with Gasteiger partial charge in [-0.1, -0.05) is 6.07 Å². The van der Waals surface area contributed by atoms with Crippen LogP contribution in [0.4, 0.5) is 0 Å². The van der Waals surface area contributed by atoms with Gasteiger partial charge in [0.25, 0.3) is 0 Å². The highest BCUT2D eigenvalue weighted by atomic mass is 16.5. The maximum atomic E-state index is 12.8. The van der Waals surface area contributed by atoms with Crippen molar-refractivity contribution in [2.45, 2.75) is 77.7 Å². The third-order valence-corrected chi connectivity index (χ3v) is 7.06. The number of rotatable bonds is 9. The second-order valence-corrected chi connectivity index (χ2v) is 10.1. The van der Waals surface area contributed by atoms with Crippen LogP contribution in [0.3, 0.4) is 0 Å². The first-order chi connectivity index (χ1) is 15.4. The Hall–Kier alpha value is -1.63. The molecule has 2 fully saturated rings. The number of amides is 1. The van der Waals surface area contributed by atoms with Gasteiger partial charge in [-0.2, -0.15) is 0 Å². The van der Waals surface area contributed by atoms with E-state index in [2.05, 4.69) is 29.0 Å². The number of aliphatic hydroxyl groups is 1. The molecule has 1 N–H and O–H groups in total. The first-order valence-electron chi connectivity index (χ1n) is 12.4. The quantitative estimate of drug-likeness (QED) is 0.630. The molecule has 6 heteroatoms. The number of carbonyl (C=O) groups is 1. The van der Waals surface area contributed by atoms with Crippen LogP contribution in [0.2, 0.25) is 0 Å². The van der Waals surface area contributed by atoms with E-state index in [1.807, 2.05) is 31.9 Å². The van der Waals surface area contributed by atoms with Gasteiger partial charge in [-0.05, 0) is 96.2 Å². The average Bonchev–Trinajstić information content (AvgIpc) is 2.78. The van der Waals surface area contributed by atoms with E-state index in [0.29, 0.717) is 24.3 Å². The van der Waals surface area contributed by atoms with Crippen LogP contribution >= 0.6 is 0 Å². The van der Waals surface area contributed by atoms with Crippen molar-refractivity contribution in [3.8, 4) is 5.75 Å². The van der Waals surface area contributed by atoms with E-state index in [4.69, 9.17) is 4.74 Å². The van der Waals surface area contributed by atoms with Gasteiger partial charge in [0.2, 0.25) is 5.91 Å². The van der Waals surface area contributed by atoms with Crippen LogP contribution in [0, 0.1) is 5.92 Å². The lowest BCUT2D eigenvalue weighted by molar-refractivity contribution is -0.133. The van der Waals surface area contributed by atoms with Gasteiger partial charge in [-0.25, -0.2) is 0 Å². The van der Waals surface area contributed by atoms with Crippen molar-refractivity contribution in [1.82, 2.24) is 14.7 Å². The van der Waals surface area contributed by atoms with E-state index < -0.39 is 0 Å². The fraction of sp³-hybridized carbons (Fsp3) is 0.731. The Bertz CT molecular complexity index is 731. The lowest BCUT2D eigenvalue weighted by Gasteiger charge is -2.36. The van der Waals surface area contributed by atoms with Gasteiger partial charge in [-0.3, -0.25) is 9.69 Å². The standard InChI is InChI=1S/C26H43N3O3/c1-20(2)32-25-9-7-22(16-23(25)19-30)18-29-13-5-6-21(17-29)8-10-26(31)28(4)24-11-14-27(3)15-12-24/h7,9,16,20-21,24,30H,5-6,8,10-15,17-19H2,1-4H3/t21-/m1/s1. The number of nitrogens with zero attached hydrogens (tertiary/aromatic N) is 3. The number of aliphatic hydroxyl groups excluding tert-OH is 1. The molecule has 1 atom stereocenters. The van der Waals surface area contributed by atoms with Crippen molar-refractivity contribution in [2.24, 2.45) is 5.92 Å². The summed E-state index contributed by atoms with van der Waals surface area (Å²) in [5, 5.41) is 9.75. The van der Waals surface area contributed by atoms with Crippen molar-refractivity contribution >= 4 is 5.91 Å². The lowest BCUT2D eigenvalue weighted by atomic mass is 9.92. The molecule has 0 unspecified atom stereocenters. The number of ether oxygens (including phenoxy) is 1. The SMILES string of the molecule is CC(C)Oc1ccc(CN2CCC[C@H](CCC(=O)N(C)C3CCN(C)CC3)C2)cc1CO. The lowest BCUT2D eigenvalue weighted by Crippen LogP contribution is -2.44. The van der Waals surface area contributed by atoms with Gasteiger partial charge in [0.15, 0.2) is 0 Å². The molecule has 0 aliphatic carbocycles. The van der Waals surface area contributed by atoms with E-state index >= 15 is 0 Å². The third-order valence-electron chi connectivity index (χ3n) is 7.06. The van der Waals surface area contributed by atoms with E-state index in [0.717, 1.165) is 63.3 Å². The Morgan fingerprint density at radius 2 is 1.97 bits per heavy atom. The number of hydrogen-bond donors (Lipinski definition) is 1. The number of hydrogen-bond acceptors (Lipinski definition) is 5. The molecule has 1 amide bonds. The Morgan fingerprint density at radius 1 is 1.22 bits per heavy atom. The Morgan fingerprint density at radius 3 is 2.66 bits per heavy atom. The molecule has 0 aromatic heterocycles. The summed E-state index contributed by atoms with van der Waals surface area (Å²) in [6.07, 6.45) is 6.32. The summed E-state index contributed by atoms with van der Waals surface area (Å²) in [6, 6.07) is 6.58. The van der Waals surface area contributed by atoms with E-state index in [1.165, 1.54) is 18.4 Å². The molecule has 2 saturated heterocycles. The summed E-state index contributed by atoms with van der Waals surface area (Å²) in [5.74, 6) is 1.67. The van der Waals surface area contributed by atoms with Gasteiger partial charge in [-0.15, -0.1) is 0 Å². The van der Waals surface area contributed by atoms with E-state index in [9.17, 15) is 9.90 Å². The molecular formula is C26H43N3O3. The fourth-order valence-corrected chi connectivity index (χ4v) is 5.10. The van der Waals surface area contributed by atoms with Crippen molar-refractivity contribution in [2.75, 3.05) is 40.3 Å². The largest absolute Gasteiger partial charge is 0.491 e. The summed E-state index contributed by atoms with van der Waals surface area (Å²) in [6.45, 7) is 9.19. The van der Waals surface area contributed by atoms with Crippen LogP contribution in [0.25, 0.3) is 0 Å². The molecule has 6 nitrogen and oxygen atoms in total. The molecule has 1 aromatic rings. The third kappa shape index (κ3) is 7.19. The predicted molar refractivity (Wildman–Crippen MR) is 129 cm³/mol. The minimum atomic E-state index is -0.00850. The van der Waals surface area contributed by atoms with Crippen LogP contribution in [0.5, 0.6) is 5.75 Å². The van der Waals surface area contributed by atoms with Gasteiger partial charge < -0.3 is 19.6 Å². The van der Waals surface area contributed by atoms with Crippen LogP contribution in [-0.4, -0.2) is 78.1 Å². The molecule has 3 rings (SSSR count). The van der Waals surface area contributed by atoms with Crippen molar-refractivity contribution in [3.05, 3.63) is 29.3 Å². The second-order valence-electron chi connectivity index (χ2n) is 10.1. The summed E-state index contributed by atoms with van der Waals surface area (Å²) in [7, 11) is 4.15. The highest BCUT2D eigenvalue weighted by Crippen LogP contribution is 2.26. The van der Waals surface area contributed by atoms with Crippen LogP contribution in [-0.2, 0) is 17.9 Å². The highest BCUT2D eigenvalue weighted by molar-refractivity contribution is 5.76. The number of piperidine rings is 2. The monoisotopic (exact) mass is 445 g/mol. The topological polar surface area (TPSA) is 56.2 Å². The zero-order chi connectivity index (χ0) is 23.1. The molecule has 0 spiro atoms. The maximum Gasteiger partial charge on any atom is 0.222 e. The Balaban J connectivity index is 1.47. The van der Waals surface area contributed by atoms with Gasteiger partial charge in [0.05, 0.1) is 12.7 Å². The zero-order valence-corrected chi connectivity index (χ0v) is 20.6. The molecular weight excluding hydrogens is 402 g/mol. The molecule has 0 saturated carbocycles. The van der Waals surface area contributed by atoms with Crippen LogP contribution in [0.1, 0.15) is 63.5 Å². The summed E-state index contributed by atoms with van der Waals surface area (Å²) in [4.78, 5) is 19.6. The summed E-state index contributed by atoms with van der Waals surface area (Å²) in [5.41, 5.74) is 2.07. The first-order valence-corrected chi connectivity index (χ1v) is 12.4. The molecule has 0 radical (unpaired) electrons. The minimum Gasteiger partial charge on any atom is -0.491 e. The fourth-order valence-electron chi connectivity index (χ4n) is 5.10. The summed E-state index contributed by atoms with van der Waals surface area (Å²) < 4.78 is 5.81. The van der Waals surface area contributed by atoms with Gasteiger partial charge in [0.1, 0.15) is 5.75 Å². The molecule has 0 bridgehead atoms. The maximum absolute atomic E-state index is 12.8. The number of carbonyl (C=O) groups excluding carboxylic acids is 1. The van der Waals surface area contributed by atoms with Crippen molar-refractivity contribution in [1.29, 1.82) is 0 Å². The van der Waals surface area contributed by atoms with Gasteiger partial charge in [0, 0.05) is 38.2 Å². The van der Waals surface area contributed by atoms with Crippen molar-refractivity contribution < 1.29 is 14.6 Å². The zero-order valence-electron chi connectivity index (χ0n) is 20.6. The molecule has 2 aliphatic heterocycles. The predicted octanol–water partition coefficient (Wildman–Crippen LogP) is 3.51. The number of likely N-dealkylation sites (tertiary alicyclic amines) is 2. The smallest absolute Gasteiger partial charge is 0.222 e. The molecule has 2 aliphatic rings. The van der Waals surface area contributed by atoms with E-state index in [-0.39, 0.29) is 12.7 Å². The number of benzene rings is 1. The molecule has 2 heterocycles. The molecule has 180 valence electrons. The van der Waals surface area contributed by atoms with E-state index in [1.54, 1.807) is 0 Å². The Kier molecular flexibility index (Phi) is 9.38. The summed E-state index contributed by atoms with van der Waals surface area (Å²) >= 11 is 0. The molecule has 1 aromatic carbocycles. The van der Waals surface area contributed by atoms with Crippen LogP contribution in [0.15, 0.2) is 18.2 Å². The highest BCUT2D eigenvalue weighted by Gasteiger charge is 2.26. The van der Waals surface area contributed by atoms with Crippen molar-refractivity contribution in [3.63, 3.8) is 0 Å². The first kappa shape index (κ1) is 25.0. The van der Waals surface area contributed by atoms with Crippen LogP contribution < -0.4 is 4.74 Å². The minimum absolute atomic E-state index is 0.00850. The Labute approximate surface area is 194 Å². The molecule has 32 heavy (non-hydrogen) atoms.